The lowest BCUT2D eigenvalue weighted by molar-refractivity contribution is 0.0985. The number of anilines is 1. The molecule has 0 aliphatic heterocycles. The molecule has 2 aromatic heterocycles. The number of benzene rings is 2. The SMILES string of the molecule is N#Cc1cccc(C(=O)N(Cc2cnc[nH]2)c2nc3ccc(F)cc3s2)c1. The average molecular weight is 377 g/mol. The summed E-state index contributed by atoms with van der Waals surface area (Å²) in [7, 11) is 0. The number of imidazole rings is 1. The van der Waals surface area contributed by atoms with E-state index in [9.17, 15) is 9.18 Å². The number of hydrogen-bond acceptors (Lipinski definition) is 5. The number of halogens is 1. The quantitative estimate of drug-likeness (QED) is 0.585. The van der Waals surface area contributed by atoms with Crippen LogP contribution in [0, 0.1) is 17.1 Å². The van der Waals surface area contributed by atoms with E-state index in [1.807, 2.05) is 6.07 Å². The maximum Gasteiger partial charge on any atom is 0.260 e. The van der Waals surface area contributed by atoms with Crippen molar-refractivity contribution >= 4 is 32.6 Å². The van der Waals surface area contributed by atoms with Crippen LogP contribution in [0.25, 0.3) is 10.2 Å². The predicted molar refractivity (Wildman–Crippen MR) is 99.8 cm³/mol. The first kappa shape index (κ1) is 16.9. The van der Waals surface area contributed by atoms with Gasteiger partial charge >= 0.3 is 0 Å². The van der Waals surface area contributed by atoms with Crippen molar-refractivity contribution < 1.29 is 9.18 Å². The first-order valence-corrected chi connectivity index (χ1v) is 8.81. The van der Waals surface area contributed by atoms with Crippen LogP contribution in [0.1, 0.15) is 21.6 Å². The molecule has 2 heterocycles. The Hall–Kier alpha value is -3.57. The molecule has 1 N–H and O–H groups in total. The van der Waals surface area contributed by atoms with Crippen LogP contribution in [0.4, 0.5) is 9.52 Å². The maximum atomic E-state index is 13.5. The molecule has 0 fully saturated rings. The first-order valence-electron chi connectivity index (χ1n) is 7.99. The highest BCUT2D eigenvalue weighted by Crippen LogP contribution is 2.31. The summed E-state index contributed by atoms with van der Waals surface area (Å²) in [6, 6.07) is 12.8. The van der Waals surface area contributed by atoms with Gasteiger partial charge in [-0.3, -0.25) is 9.69 Å². The summed E-state index contributed by atoms with van der Waals surface area (Å²) in [5.41, 5.74) is 2.11. The number of hydrogen-bond donors (Lipinski definition) is 1. The lowest BCUT2D eigenvalue weighted by atomic mass is 10.1. The number of carbonyl (C=O) groups excluding carboxylic acids is 1. The fourth-order valence-electron chi connectivity index (χ4n) is 2.65. The van der Waals surface area contributed by atoms with E-state index in [4.69, 9.17) is 5.26 Å². The molecule has 0 aliphatic rings. The van der Waals surface area contributed by atoms with Gasteiger partial charge in [-0.15, -0.1) is 0 Å². The molecular formula is C19H12FN5OS. The number of nitriles is 1. The van der Waals surface area contributed by atoms with Crippen LogP contribution in [0.3, 0.4) is 0 Å². The molecule has 0 unspecified atom stereocenters. The van der Waals surface area contributed by atoms with Crippen molar-refractivity contribution in [1.82, 2.24) is 15.0 Å². The van der Waals surface area contributed by atoms with E-state index in [-0.39, 0.29) is 18.3 Å². The molecule has 132 valence electrons. The smallest absolute Gasteiger partial charge is 0.260 e. The number of aromatic amines is 1. The number of H-pyrrole nitrogens is 1. The molecule has 8 heteroatoms. The van der Waals surface area contributed by atoms with Gasteiger partial charge in [0.15, 0.2) is 5.13 Å². The summed E-state index contributed by atoms with van der Waals surface area (Å²) in [5, 5.41) is 9.54. The first-order chi connectivity index (χ1) is 13.1. The second-order valence-electron chi connectivity index (χ2n) is 5.77. The van der Waals surface area contributed by atoms with Crippen LogP contribution in [0.15, 0.2) is 55.0 Å². The van der Waals surface area contributed by atoms with Crippen LogP contribution >= 0.6 is 11.3 Å². The van der Waals surface area contributed by atoms with Crippen LogP contribution < -0.4 is 4.90 Å². The Morgan fingerprint density at radius 1 is 1.30 bits per heavy atom. The summed E-state index contributed by atoms with van der Waals surface area (Å²) in [6.07, 6.45) is 3.15. The normalized spacial score (nSPS) is 10.7. The van der Waals surface area contributed by atoms with Crippen molar-refractivity contribution in [3.8, 4) is 6.07 Å². The Balaban J connectivity index is 1.77. The molecule has 4 aromatic rings. The van der Waals surface area contributed by atoms with Gasteiger partial charge in [0, 0.05) is 11.8 Å². The van der Waals surface area contributed by atoms with Crippen molar-refractivity contribution in [3.63, 3.8) is 0 Å². The number of fused-ring (bicyclic) bond motifs is 1. The van der Waals surface area contributed by atoms with Crippen molar-refractivity contribution in [2.45, 2.75) is 6.54 Å². The van der Waals surface area contributed by atoms with Gasteiger partial charge in [0.25, 0.3) is 5.91 Å². The molecule has 4 rings (SSSR count). The molecule has 27 heavy (non-hydrogen) atoms. The van der Waals surface area contributed by atoms with E-state index >= 15 is 0 Å². The highest BCUT2D eigenvalue weighted by molar-refractivity contribution is 7.22. The number of rotatable bonds is 4. The van der Waals surface area contributed by atoms with E-state index in [2.05, 4.69) is 15.0 Å². The number of thiazole rings is 1. The van der Waals surface area contributed by atoms with Gasteiger partial charge in [-0.2, -0.15) is 5.26 Å². The topological polar surface area (TPSA) is 85.7 Å². The lowest BCUT2D eigenvalue weighted by Gasteiger charge is -2.19. The Morgan fingerprint density at radius 2 is 2.19 bits per heavy atom. The largest absolute Gasteiger partial charge is 0.347 e. The molecule has 0 radical (unpaired) electrons. The molecule has 0 spiro atoms. The Kier molecular flexibility index (Phi) is 4.36. The zero-order chi connectivity index (χ0) is 18.8. The second kappa shape index (κ2) is 6.97. The van der Waals surface area contributed by atoms with E-state index in [1.165, 1.54) is 40.8 Å². The van der Waals surface area contributed by atoms with E-state index in [0.717, 1.165) is 5.69 Å². The number of aromatic nitrogens is 3. The third-order valence-electron chi connectivity index (χ3n) is 3.94. The molecule has 0 saturated heterocycles. The van der Waals surface area contributed by atoms with E-state index in [0.29, 0.717) is 26.5 Å². The van der Waals surface area contributed by atoms with Crippen LogP contribution in [0.2, 0.25) is 0 Å². The van der Waals surface area contributed by atoms with Crippen LogP contribution in [-0.4, -0.2) is 20.9 Å². The Labute approximate surface area is 157 Å². The molecule has 2 aromatic carbocycles. The zero-order valence-corrected chi connectivity index (χ0v) is 14.7. The minimum atomic E-state index is -0.356. The van der Waals surface area contributed by atoms with Gasteiger partial charge in [-0.1, -0.05) is 17.4 Å². The number of amides is 1. The summed E-state index contributed by atoms with van der Waals surface area (Å²) < 4.78 is 14.2. The maximum absolute atomic E-state index is 13.5. The predicted octanol–water partition coefficient (Wildman–Crippen LogP) is 3.88. The number of carbonyl (C=O) groups is 1. The third-order valence-corrected chi connectivity index (χ3v) is 4.98. The highest BCUT2D eigenvalue weighted by Gasteiger charge is 2.22. The third kappa shape index (κ3) is 3.41. The van der Waals surface area contributed by atoms with Gasteiger partial charge in [0.1, 0.15) is 5.82 Å². The average Bonchev–Trinajstić information content (AvgIpc) is 3.34. The van der Waals surface area contributed by atoms with Crippen molar-refractivity contribution in [3.05, 3.63) is 77.6 Å². The van der Waals surface area contributed by atoms with Crippen LogP contribution in [-0.2, 0) is 6.54 Å². The number of nitrogens with one attached hydrogen (secondary N) is 1. The van der Waals surface area contributed by atoms with Gasteiger partial charge < -0.3 is 4.98 Å². The van der Waals surface area contributed by atoms with Gasteiger partial charge in [-0.25, -0.2) is 14.4 Å². The van der Waals surface area contributed by atoms with Crippen molar-refractivity contribution in [2.75, 3.05) is 4.90 Å². The van der Waals surface area contributed by atoms with E-state index < -0.39 is 0 Å². The summed E-state index contributed by atoms with van der Waals surface area (Å²) in [4.78, 5) is 26.1. The van der Waals surface area contributed by atoms with Gasteiger partial charge in [0.2, 0.25) is 0 Å². The molecule has 0 atom stereocenters. The fourth-order valence-corrected chi connectivity index (χ4v) is 3.64. The summed E-state index contributed by atoms with van der Waals surface area (Å²) in [5.74, 6) is -0.660. The standard InChI is InChI=1S/C19H12FN5OS/c20-14-4-5-16-17(7-14)27-19(24-16)25(10-15-9-22-11-23-15)18(26)13-3-1-2-12(6-13)8-21/h1-7,9,11H,10H2,(H,22,23). The van der Waals surface area contributed by atoms with Crippen molar-refractivity contribution in [2.24, 2.45) is 0 Å². The zero-order valence-electron chi connectivity index (χ0n) is 13.9. The summed E-state index contributed by atoms with van der Waals surface area (Å²) >= 11 is 1.23. The monoisotopic (exact) mass is 377 g/mol. The molecule has 0 bridgehead atoms. The fraction of sp³-hybridized carbons (Fsp3) is 0.0526. The molecule has 6 nitrogen and oxygen atoms in total. The molecular weight excluding hydrogens is 365 g/mol. The minimum absolute atomic E-state index is 0.220. The lowest BCUT2D eigenvalue weighted by Crippen LogP contribution is -2.30. The van der Waals surface area contributed by atoms with Gasteiger partial charge in [-0.05, 0) is 36.4 Å². The van der Waals surface area contributed by atoms with E-state index in [1.54, 1.807) is 30.5 Å². The molecule has 0 saturated carbocycles. The Morgan fingerprint density at radius 3 is 2.96 bits per heavy atom. The van der Waals surface area contributed by atoms with Crippen molar-refractivity contribution in [1.29, 1.82) is 5.26 Å². The van der Waals surface area contributed by atoms with Crippen LogP contribution in [0.5, 0.6) is 0 Å². The highest BCUT2D eigenvalue weighted by atomic mass is 32.1. The Bertz CT molecular complexity index is 1160. The van der Waals surface area contributed by atoms with Gasteiger partial charge in [0.05, 0.1) is 40.4 Å². The summed E-state index contributed by atoms with van der Waals surface area (Å²) in [6.45, 7) is 0.220. The molecule has 0 aliphatic carbocycles. The number of nitrogens with zero attached hydrogens (tertiary/aromatic N) is 4. The minimum Gasteiger partial charge on any atom is -0.347 e. The second-order valence-corrected chi connectivity index (χ2v) is 6.78. The molecule has 1 amide bonds.